The van der Waals surface area contributed by atoms with Crippen LogP contribution in [0.25, 0.3) is 0 Å². The second kappa shape index (κ2) is 6.88. The van der Waals surface area contributed by atoms with Gasteiger partial charge < -0.3 is 15.4 Å². The number of thiazole rings is 1. The van der Waals surface area contributed by atoms with Gasteiger partial charge in [-0.15, -0.1) is 0 Å². The van der Waals surface area contributed by atoms with Crippen molar-refractivity contribution in [3.05, 3.63) is 55.6 Å². The third kappa shape index (κ3) is 4.05. The van der Waals surface area contributed by atoms with Crippen LogP contribution in [0.4, 0.5) is 0 Å². The lowest BCUT2D eigenvalue weighted by Crippen LogP contribution is -2.24. The molecule has 0 bridgehead atoms. The van der Waals surface area contributed by atoms with Gasteiger partial charge in [-0.3, -0.25) is 9.59 Å². The van der Waals surface area contributed by atoms with Crippen molar-refractivity contribution in [3.63, 3.8) is 0 Å². The molecule has 2 aromatic rings. The maximum Gasteiger partial charge on any atom is 0.304 e. The molecule has 3 N–H and O–H groups in total. The molecule has 6 heteroatoms. The first kappa shape index (κ1) is 15.0. The number of benzene rings is 1. The number of aryl methyl sites for hydroxylation is 1. The van der Waals surface area contributed by atoms with E-state index >= 15 is 0 Å². The molecule has 5 nitrogen and oxygen atoms in total. The zero-order chi connectivity index (χ0) is 15.2. The number of aromatic amines is 1. The van der Waals surface area contributed by atoms with Crippen molar-refractivity contribution in [1.82, 2.24) is 10.3 Å². The highest BCUT2D eigenvalue weighted by Crippen LogP contribution is 2.11. The SMILES string of the molecule is Cc1ccc(C(=O)NCc2csc(=O)[nH]2)c(C#CCO)c1. The number of hydrogen-bond donors (Lipinski definition) is 3. The van der Waals surface area contributed by atoms with E-state index in [2.05, 4.69) is 22.1 Å². The molecule has 1 amide bonds. The molecule has 0 spiro atoms. The summed E-state index contributed by atoms with van der Waals surface area (Å²) in [6.07, 6.45) is 0. The molecule has 1 aromatic carbocycles. The van der Waals surface area contributed by atoms with Crippen molar-refractivity contribution in [2.75, 3.05) is 6.61 Å². The van der Waals surface area contributed by atoms with Gasteiger partial charge in [0.25, 0.3) is 5.91 Å². The standard InChI is InChI=1S/C15H14N2O3S/c1-10-4-5-13(11(7-10)3-2-6-18)14(19)16-8-12-9-21-15(20)17-12/h4-5,7,9,18H,6,8H2,1H3,(H,16,19)(H,17,20). The van der Waals surface area contributed by atoms with E-state index in [1.165, 1.54) is 0 Å². The van der Waals surface area contributed by atoms with Crippen LogP contribution < -0.4 is 10.2 Å². The summed E-state index contributed by atoms with van der Waals surface area (Å²) < 4.78 is 0. The largest absolute Gasteiger partial charge is 0.384 e. The van der Waals surface area contributed by atoms with Crippen molar-refractivity contribution in [3.8, 4) is 11.8 Å². The first-order valence-corrected chi connectivity index (χ1v) is 7.13. The Hall–Kier alpha value is -2.36. The Morgan fingerprint density at radius 3 is 2.95 bits per heavy atom. The van der Waals surface area contributed by atoms with Gasteiger partial charge >= 0.3 is 4.87 Å². The van der Waals surface area contributed by atoms with Crippen LogP contribution in [0.1, 0.15) is 27.2 Å². The summed E-state index contributed by atoms with van der Waals surface area (Å²) in [4.78, 5) is 25.7. The fourth-order valence-electron chi connectivity index (χ4n) is 1.77. The van der Waals surface area contributed by atoms with Crippen LogP contribution in [0.5, 0.6) is 0 Å². The summed E-state index contributed by atoms with van der Waals surface area (Å²) in [7, 11) is 0. The Kier molecular flexibility index (Phi) is 4.93. The number of aliphatic hydroxyl groups is 1. The van der Waals surface area contributed by atoms with E-state index < -0.39 is 0 Å². The molecule has 2 rings (SSSR count). The van der Waals surface area contributed by atoms with Crippen LogP contribution in [0.2, 0.25) is 0 Å². The number of carbonyl (C=O) groups is 1. The lowest BCUT2D eigenvalue weighted by molar-refractivity contribution is 0.0950. The monoisotopic (exact) mass is 302 g/mol. The highest BCUT2D eigenvalue weighted by molar-refractivity contribution is 7.07. The number of H-pyrrole nitrogens is 1. The average Bonchev–Trinajstić information content (AvgIpc) is 2.88. The van der Waals surface area contributed by atoms with E-state index in [1.807, 2.05) is 13.0 Å². The van der Waals surface area contributed by atoms with Gasteiger partial charge in [-0.2, -0.15) is 0 Å². The molecule has 0 unspecified atom stereocenters. The number of hydrogen-bond acceptors (Lipinski definition) is 4. The van der Waals surface area contributed by atoms with Crippen molar-refractivity contribution >= 4 is 17.2 Å². The predicted octanol–water partition coefficient (Wildman–Crippen LogP) is 1.02. The van der Waals surface area contributed by atoms with Gasteiger partial charge in [0, 0.05) is 16.6 Å². The zero-order valence-corrected chi connectivity index (χ0v) is 12.2. The summed E-state index contributed by atoms with van der Waals surface area (Å²) in [6.45, 7) is 1.89. The lowest BCUT2D eigenvalue weighted by atomic mass is 10.0. The van der Waals surface area contributed by atoms with Gasteiger partial charge in [-0.25, -0.2) is 0 Å². The second-order valence-corrected chi connectivity index (χ2v) is 5.21. The van der Waals surface area contributed by atoms with E-state index in [1.54, 1.807) is 17.5 Å². The third-order valence-electron chi connectivity index (χ3n) is 2.73. The zero-order valence-electron chi connectivity index (χ0n) is 11.4. The Labute approximate surface area is 125 Å². The number of rotatable bonds is 3. The minimum atomic E-state index is -0.274. The molecule has 0 saturated carbocycles. The Morgan fingerprint density at radius 2 is 2.29 bits per heavy atom. The Morgan fingerprint density at radius 1 is 1.48 bits per heavy atom. The fraction of sp³-hybridized carbons (Fsp3) is 0.200. The Bertz CT molecular complexity index is 765. The van der Waals surface area contributed by atoms with Gasteiger partial charge in [0.2, 0.25) is 0 Å². The quantitative estimate of drug-likeness (QED) is 0.740. The van der Waals surface area contributed by atoms with Gasteiger partial charge in [0.1, 0.15) is 6.61 Å². The minimum absolute atomic E-state index is 0.149. The van der Waals surface area contributed by atoms with E-state index in [0.717, 1.165) is 16.9 Å². The predicted molar refractivity (Wildman–Crippen MR) is 81.3 cm³/mol. The smallest absolute Gasteiger partial charge is 0.304 e. The van der Waals surface area contributed by atoms with E-state index in [9.17, 15) is 9.59 Å². The van der Waals surface area contributed by atoms with Crippen LogP contribution in [-0.2, 0) is 6.54 Å². The molecule has 0 atom stereocenters. The number of amides is 1. The Balaban J connectivity index is 2.16. The van der Waals surface area contributed by atoms with Crippen molar-refractivity contribution < 1.29 is 9.90 Å². The molecule has 108 valence electrons. The van der Waals surface area contributed by atoms with Crippen molar-refractivity contribution in [2.45, 2.75) is 13.5 Å². The first-order valence-electron chi connectivity index (χ1n) is 6.25. The number of nitrogens with one attached hydrogen (secondary N) is 2. The maximum absolute atomic E-state index is 12.2. The minimum Gasteiger partial charge on any atom is -0.384 e. The van der Waals surface area contributed by atoms with E-state index in [4.69, 9.17) is 5.11 Å². The maximum atomic E-state index is 12.2. The van der Waals surface area contributed by atoms with Gasteiger partial charge in [-0.05, 0) is 24.6 Å². The number of carbonyl (C=O) groups excluding carboxylic acids is 1. The van der Waals surface area contributed by atoms with Gasteiger partial charge in [-0.1, -0.05) is 29.2 Å². The van der Waals surface area contributed by atoms with Crippen LogP contribution in [0.3, 0.4) is 0 Å². The summed E-state index contributed by atoms with van der Waals surface area (Å²) in [6, 6.07) is 5.32. The summed E-state index contributed by atoms with van der Waals surface area (Å²) in [5.41, 5.74) is 2.66. The molecule has 0 aliphatic carbocycles. The highest BCUT2D eigenvalue weighted by Gasteiger charge is 2.10. The molecule has 0 aliphatic heterocycles. The van der Waals surface area contributed by atoms with Crippen molar-refractivity contribution in [2.24, 2.45) is 0 Å². The van der Waals surface area contributed by atoms with Crippen LogP contribution >= 0.6 is 11.3 Å². The molecule has 0 radical (unpaired) electrons. The van der Waals surface area contributed by atoms with Crippen molar-refractivity contribution in [1.29, 1.82) is 0 Å². The van der Waals surface area contributed by atoms with Crippen LogP contribution in [-0.4, -0.2) is 22.6 Å². The second-order valence-electron chi connectivity index (χ2n) is 4.37. The normalized spacial score (nSPS) is 9.81. The molecular weight excluding hydrogens is 288 g/mol. The molecular formula is C15H14N2O3S. The average molecular weight is 302 g/mol. The molecule has 1 heterocycles. The molecule has 21 heavy (non-hydrogen) atoms. The van der Waals surface area contributed by atoms with Crippen LogP contribution in [0, 0.1) is 18.8 Å². The summed E-state index contributed by atoms with van der Waals surface area (Å²) in [5.74, 6) is 5.04. The third-order valence-corrected chi connectivity index (χ3v) is 3.45. The van der Waals surface area contributed by atoms with E-state index in [0.29, 0.717) is 16.8 Å². The molecule has 0 aliphatic rings. The lowest BCUT2D eigenvalue weighted by Gasteiger charge is -2.07. The van der Waals surface area contributed by atoms with Gasteiger partial charge in [0.05, 0.1) is 12.1 Å². The van der Waals surface area contributed by atoms with E-state index in [-0.39, 0.29) is 23.9 Å². The number of aliphatic hydroxyl groups excluding tert-OH is 1. The van der Waals surface area contributed by atoms with Crippen LogP contribution in [0.15, 0.2) is 28.4 Å². The summed E-state index contributed by atoms with van der Waals surface area (Å²) >= 11 is 1.06. The summed E-state index contributed by atoms with van der Waals surface area (Å²) in [5, 5.41) is 13.2. The molecule has 0 fully saturated rings. The fourth-order valence-corrected chi connectivity index (χ4v) is 2.35. The topological polar surface area (TPSA) is 82.2 Å². The first-order chi connectivity index (χ1) is 10.1. The molecule has 1 aromatic heterocycles. The molecule has 0 saturated heterocycles. The van der Waals surface area contributed by atoms with Gasteiger partial charge in [0.15, 0.2) is 0 Å². The highest BCUT2D eigenvalue weighted by atomic mass is 32.1. The number of aromatic nitrogens is 1.